The first-order valence-corrected chi connectivity index (χ1v) is 9.63. The van der Waals surface area contributed by atoms with Crippen molar-refractivity contribution < 1.29 is 13.2 Å². The SMILES string of the molecule is O=C1NCc2ccccc2C12CCN(C1CS(=O)(=O)C1)CC2. The molecule has 0 unspecified atom stereocenters. The number of benzene rings is 1. The van der Waals surface area contributed by atoms with Crippen molar-refractivity contribution in [2.24, 2.45) is 0 Å². The molecule has 2 fully saturated rings. The van der Waals surface area contributed by atoms with Gasteiger partial charge in [0, 0.05) is 12.6 Å². The predicted octanol–water partition coefficient (Wildman–Crippen LogP) is 0.447. The maximum absolute atomic E-state index is 12.6. The highest BCUT2D eigenvalue weighted by Crippen LogP contribution is 2.40. The fourth-order valence-corrected chi connectivity index (χ4v) is 5.62. The Kier molecular flexibility index (Phi) is 3.10. The van der Waals surface area contributed by atoms with Gasteiger partial charge in [-0.25, -0.2) is 8.42 Å². The number of carbonyl (C=O) groups excluding carboxylic acids is 1. The molecular formula is C16H20N2O3S. The lowest BCUT2D eigenvalue weighted by Crippen LogP contribution is -2.60. The third-order valence-electron chi connectivity index (χ3n) is 5.47. The number of nitrogens with zero attached hydrogens (tertiary/aromatic N) is 1. The molecule has 1 aromatic rings. The molecule has 5 nitrogen and oxygen atoms in total. The van der Waals surface area contributed by atoms with E-state index in [9.17, 15) is 13.2 Å². The molecule has 0 bridgehead atoms. The average Bonchev–Trinajstić information content (AvgIpc) is 2.50. The minimum Gasteiger partial charge on any atom is -0.351 e. The molecule has 1 aromatic carbocycles. The lowest BCUT2D eigenvalue weighted by molar-refractivity contribution is -0.129. The third kappa shape index (κ3) is 2.08. The number of hydrogen-bond donors (Lipinski definition) is 1. The quantitative estimate of drug-likeness (QED) is 0.816. The zero-order valence-electron chi connectivity index (χ0n) is 12.4. The van der Waals surface area contributed by atoms with Crippen molar-refractivity contribution in [2.45, 2.75) is 30.8 Å². The Morgan fingerprint density at radius 3 is 2.50 bits per heavy atom. The Hall–Kier alpha value is -1.40. The molecule has 118 valence electrons. The minimum atomic E-state index is -2.79. The molecule has 2 saturated heterocycles. The van der Waals surface area contributed by atoms with Crippen LogP contribution in [0.2, 0.25) is 0 Å². The predicted molar refractivity (Wildman–Crippen MR) is 83.2 cm³/mol. The highest BCUT2D eigenvalue weighted by atomic mass is 32.2. The Bertz CT molecular complexity index is 709. The molecule has 1 N–H and O–H groups in total. The van der Waals surface area contributed by atoms with E-state index in [1.165, 1.54) is 11.1 Å². The number of sulfone groups is 1. The average molecular weight is 320 g/mol. The maximum Gasteiger partial charge on any atom is 0.231 e. The van der Waals surface area contributed by atoms with Gasteiger partial charge in [-0.3, -0.25) is 9.69 Å². The zero-order valence-corrected chi connectivity index (χ0v) is 13.2. The van der Waals surface area contributed by atoms with Gasteiger partial charge < -0.3 is 5.32 Å². The van der Waals surface area contributed by atoms with Crippen LogP contribution in [-0.2, 0) is 26.6 Å². The first kappa shape index (κ1) is 14.2. The molecular weight excluding hydrogens is 300 g/mol. The van der Waals surface area contributed by atoms with Gasteiger partial charge in [0.2, 0.25) is 5.91 Å². The number of nitrogens with one attached hydrogen (secondary N) is 1. The second-order valence-corrected chi connectivity index (χ2v) is 8.84. The van der Waals surface area contributed by atoms with Crippen molar-refractivity contribution in [1.29, 1.82) is 0 Å². The number of hydrogen-bond acceptors (Lipinski definition) is 4. The summed E-state index contributed by atoms with van der Waals surface area (Å²) in [5, 5.41) is 3.03. The summed E-state index contributed by atoms with van der Waals surface area (Å²) in [5.74, 6) is 0.693. The Balaban J connectivity index is 1.56. The van der Waals surface area contributed by atoms with Crippen LogP contribution in [-0.4, -0.2) is 49.9 Å². The van der Waals surface area contributed by atoms with Gasteiger partial charge in [-0.2, -0.15) is 0 Å². The summed E-state index contributed by atoms with van der Waals surface area (Å²) < 4.78 is 22.7. The first-order chi connectivity index (χ1) is 10.5. The van der Waals surface area contributed by atoms with Crippen LogP contribution in [0, 0.1) is 0 Å². The number of piperidine rings is 1. The standard InChI is InChI=1S/C16H20N2O3S/c19-15-16(14-4-2-1-3-12(14)9-17-15)5-7-18(8-6-16)13-10-22(20,21)11-13/h1-4,13H,5-11H2,(H,17,19). The highest BCUT2D eigenvalue weighted by molar-refractivity contribution is 7.92. The molecule has 0 radical (unpaired) electrons. The van der Waals surface area contributed by atoms with Gasteiger partial charge in [-0.05, 0) is 37.1 Å². The fraction of sp³-hybridized carbons (Fsp3) is 0.562. The summed E-state index contributed by atoms with van der Waals surface area (Å²) in [7, 11) is -2.79. The number of carbonyl (C=O) groups is 1. The van der Waals surface area contributed by atoms with E-state index in [1.54, 1.807) is 0 Å². The second-order valence-electron chi connectivity index (χ2n) is 6.69. The Labute approximate surface area is 130 Å². The van der Waals surface area contributed by atoms with Crippen molar-refractivity contribution in [3.8, 4) is 0 Å². The van der Waals surface area contributed by atoms with E-state index in [0.717, 1.165) is 25.9 Å². The van der Waals surface area contributed by atoms with Gasteiger partial charge in [0.25, 0.3) is 0 Å². The Morgan fingerprint density at radius 1 is 1.14 bits per heavy atom. The van der Waals surface area contributed by atoms with E-state index in [0.29, 0.717) is 6.54 Å². The van der Waals surface area contributed by atoms with E-state index < -0.39 is 15.3 Å². The molecule has 1 spiro atoms. The van der Waals surface area contributed by atoms with Crippen LogP contribution < -0.4 is 5.32 Å². The zero-order chi connectivity index (χ0) is 15.4. The van der Waals surface area contributed by atoms with Crippen molar-refractivity contribution in [3.05, 3.63) is 35.4 Å². The molecule has 3 aliphatic heterocycles. The third-order valence-corrected chi connectivity index (χ3v) is 7.25. The van der Waals surface area contributed by atoms with Crippen LogP contribution in [0.15, 0.2) is 24.3 Å². The number of amides is 1. The van der Waals surface area contributed by atoms with Gasteiger partial charge in [0.15, 0.2) is 9.84 Å². The second kappa shape index (κ2) is 4.80. The molecule has 3 aliphatic rings. The molecule has 1 amide bonds. The molecule has 0 aromatic heterocycles. The molecule has 0 saturated carbocycles. The van der Waals surface area contributed by atoms with Gasteiger partial charge >= 0.3 is 0 Å². The Morgan fingerprint density at radius 2 is 1.82 bits per heavy atom. The summed E-state index contributed by atoms with van der Waals surface area (Å²) >= 11 is 0. The lowest BCUT2D eigenvalue weighted by atomic mass is 9.68. The first-order valence-electron chi connectivity index (χ1n) is 7.81. The van der Waals surface area contributed by atoms with Crippen molar-refractivity contribution in [2.75, 3.05) is 24.6 Å². The van der Waals surface area contributed by atoms with Crippen LogP contribution in [0.4, 0.5) is 0 Å². The van der Waals surface area contributed by atoms with E-state index >= 15 is 0 Å². The van der Waals surface area contributed by atoms with Gasteiger partial charge in [-0.15, -0.1) is 0 Å². The number of likely N-dealkylation sites (tertiary alicyclic amines) is 1. The van der Waals surface area contributed by atoms with Crippen LogP contribution in [0.3, 0.4) is 0 Å². The van der Waals surface area contributed by atoms with E-state index in [2.05, 4.69) is 22.3 Å². The summed E-state index contributed by atoms with van der Waals surface area (Å²) in [4.78, 5) is 14.8. The van der Waals surface area contributed by atoms with Crippen LogP contribution in [0.1, 0.15) is 24.0 Å². The topological polar surface area (TPSA) is 66.5 Å². The molecule has 3 heterocycles. The maximum atomic E-state index is 12.6. The van der Waals surface area contributed by atoms with Gasteiger partial charge in [0.1, 0.15) is 0 Å². The van der Waals surface area contributed by atoms with Crippen LogP contribution >= 0.6 is 0 Å². The van der Waals surface area contributed by atoms with Crippen LogP contribution in [0.5, 0.6) is 0 Å². The number of fused-ring (bicyclic) bond motifs is 2. The smallest absolute Gasteiger partial charge is 0.231 e. The van der Waals surface area contributed by atoms with E-state index in [4.69, 9.17) is 0 Å². The van der Waals surface area contributed by atoms with Crippen molar-refractivity contribution in [1.82, 2.24) is 10.2 Å². The largest absolute Gasteiger partial charge is 0.351 e. The summed E-state index contributed by atoms with van der Waals surface area (Å²) in [6.45, 7) is 2.20. The molecule has 22 heavy (non-hydrogen) atoms. The summed E-state index contributed by atoms with van der Waals surface area (Å²) in [6.07, 6.45) is 1.54. The molecule has 4 rings (SSSR count). The molecule has 6 heteroatoms. The fourth-order valence-electron chi connectivity index (χ4n) is 4.12. The van der Waals surface area contributed by atoms with Crippen LogP contribution in [0.25, 0.3) is 0 Å². The summed E-state index contributed by atoms with van der Waals surface area (Å²) in [6, 6.07) is 8.34. The van der Waals surface area contributed by atoms with Crippen molar-refractivity contribution in [3.63, 3.8) is 0 Å². The minimum absolute atomic E-state index is 0.132. The normalized spacial score (nSPS) is 27.0. The molecule has 0 atom stereocenters. The van der Waals surface area contributed by atoms with Crippen molar-refractivity contribution >= 4 is 15.7 Å². The summed E-state index contributed by atoms with van der Waals surface area (Å²) in [5.41, 5.74) is 1.95. The number of rotatable bonds is 1. The highest BCUT2D eigenvalue weighted by Gasteiger charge is 2.48. The monoisotopic (exact) mass is 320 g/mol. The van der Waals surface area contributed by atoms with Gasteiger partial charge in [-0.1, -0.05) is 24.3 Å². The van der Waals surface area contributed by atoms with E-state index in [-0.39, 0.29) is 23.5 Å². The van der Waals surface area contributed by atoms with Gasteiger partial charge in [0.05, 0.1) is 16.9 Å². The van der Waals surface area contributed by atoms with E-state index in [1.807, 2.05) is 12.1 Å². The lowest BCUT2D eigenvalue weighted by Gasteiger charge is -2.47. The molecule has 0 aliphatic carbocycles.